The van der Waals surface area contributed by atoms with Gasteiger partial charge in [0.2, 0.25) is 0 Å². The smallest absolute Gasteiger partial charge is 0.191 e. The summed E-state index contributed by atoms with van der Waals surface area (Å²) in [6, 6.07) is 10.3. The molecule has 0 radical (unpaired) electrons. The van der Waals surface area contributed by atoms with Crippen LogP contribution in [0.4, 0.5) is 0 Å². The molecule has 0 aliphatic carbocycles. The lowest BCUT2D eigenvalue weighted by Gasteiger charge is -2.07. The van der Waals surface area contributed by atoms with Gasteiger partial charge in [0.1, 0.15) is 0 Å². The molecule has 0 amide bonds. The van der Waals surface area contributed by atoms with Crippen molar-refractivity contribution in [2.45, 2.75) is 52.1 Å². The van der Waals surface area contributed by atoms with Crippen molar-refractivity contribution in [2.24, 2.45) is 7.05 Å². The van der Waals surface area contributed by atoms with Crippen molar-refractivity contribution in [1.82, 2.24) is 19.7 Å². The number of nitrogens with zero attached hydrogens (tertiary/aromatic N) is 4. The van der Waals surface area contributed by atoms with Gasteiger partial charge in [-0.3, -0.25) is 4.98 Å². The third-order valence-electron chi connectivity index (χ3n) is 3.93. The number of hydrogen-bond donors (Lipinski definition) is 0. The summed E-state index contributed by atoms with van der Waals surface area (Å²) >= 11 is 1.78. The maximum Gasteiger partial charge on any atom is 0.191 e. The van der Waals surface area contributed by atoms with E-state index in [0.717, 1.165) is 38.9 Å². The molecular weight excluding hydrogens is 328 g/mol. The van der Waals surface area contributed by atoms with Gasteiger partial charge >= 0.3 is 0 Å². The minimum absolute atomic E-state index is 0.902. The van der Waals surface area contributed by atoms with Crippen LogP contribution in [0.2, 0.25) is 0 Å². The van der Waals surface area contributed by atoms with Crippen molar-refractivity contribution in [3.63, 3.8) is 0 Å². The topological polar surface area (TPSA) is 43.6 Å². The first-order valence-electron chi connectivity index (χ1n) is 9.09. The Labute approximate surface area is 155 Å². The molecular formula is C20H28N4S. The molecule has 0 saturated heterocycles. The maximum atomic E-state index is 4.61. The van der Waals surface area contributed by atoms with Gasteiger partial charge in [0.25, 0.3) is 0 Å². The van der Waals surface area contributed by atoms with Gasteiger partial charge in [-0.25, -0.2) is 0 Å². The number of aryl methyl sites for hydroxylation is 1. The predicted octanol–water partition coefficient (Wildman–Crippen LogP) is 5.65. The fourth-order valence-corrected chi connectivity index (χ4v) is 3.55. The van der Waals surface area contributed by atoms with Crippen LogP contribution in [0.5, 0.6) is 0 Å². The number of thioether (sulfide) groups is 1. The zero-order valence-corrected chi connectivity index (χ0v) is 16.7. The van der Waals surface area contributed by atoms with E-state index in [-0.39, 0.29) is 0 Å². The second kappa shape index (κ2) is 9.56. The average Bonchev–Trinajstić information content (AvgIpc) is 3.00. The van der Waals surface area contributed by atoms with E-state index in [1.54, 1.807) is 11.8 Å². The van der Waals surface area contributed by atoms with Crippen molar-refractivity contribution < 1.29 is 0 Å². The number of fused-ring (bicyclic) bond motifs is 1. The molecule has 0 spiro atoms. The van der Waals surface area contributed by atoms with Gasteiger partial charge in [-0.15, -0.1) is 10.2 Å². The molecule has 5 heteroatoms. The van der Waals surface area contributed by atoms with Gasteiger partial charge in [0.15, 0.2) is 11.0 Å². The Morgan fingerprint density at radius 2 is 1.84 bits per heavy atom. The Kier molecular flexibility index (Phi) is 7.44. The largest absolute Gasteiger partial charge is 0.305 e. The fourth-order valence-electron chi connectivity index (χ4n) is 2.64. The van der Waals surface area contributed by atoms with Crippen molar-refractivity contribution in [2.75, 3.05) is 5.75 Å². The molecule has 25 heavy (non-hydrogen) atoms. The number of benzene rings is 1. The molecule has 0 atom stereocenters. The molecule has 0 unspecified atom stereocenters. The van der Waals surface area contributed by atoms with Gasteiger partial charge < -0.3 is 4.57 Å². The summed E-state index contributed by atoms with van der Waals surface area (Å²) in [5.41, 5.74) is 3.12. The number of unbranched alkanes of at least 4 members (excludes halogenated alkanes) is 2. The molecule has 2 heterocycles. The molecule has 0 aliphatic rings. The number of pyridine rings is 1. The minimum Gasteiger partial charge on any atom is -0.305 e. The maximum absolute atomic E-state index is 4.61. The van der Waals surface area contributed by atoms with Gasteiger partial charge in [-0.05, 0) is 25.5 Å². The molecule has 0 bridgehead atoms. The zero-order valence-electron chi connectivity index (χ0n) is 15.9. The summed E-state index contributed by atoms with van der Waals surface area (Å²) in [4.78, 5) is 4.61. The Bertz CT molecular complexity index is 811. The summed E-state index contributed by atoms with van der Waals surface area (Å²) in [6.45, 7) is 8.24. The number of aromatic nitrogens is 4. The Morgan fingerprint density at radius 3 is 2.60 bits per heavy atom. The third kappa shape index (κ3) is 4.60. The highest BCUT2D eigenvalue weighted by molar-refractivity contribution is 7.99. The highest BCUT2D eigenvalue weighted by Gasteiger charge is 2.13. The van der Waals surface area contributed by atoms with E-state index >= 15 is 0 Å². The second-order valence-electron chi connectivity index (χ2n) is 5.75. The van der Waals surface area contributed by atoms with Crippen LogP contribution in [0.15, 0.2) is 35.5 Å². The van der Waals surface area contributed by atoms with Gasteiger partial charge in [-0.2, -0.15) is 0 Å². The van der Waals surface area contributed by atoms with E-state index in [1.807, 2.05) is 46.0 Å². The first kappa shape index (κ1) is 19.4. The van der Waals surface area contributed by atoms with E-state index in [2.05, 4.69) is 38.8 Å². The normalized spacial score (nSPS) is 10.6. The highest BCUT2D eigenvalue weighted by atomic mass is 32.2. The lowest BCUT2D eigenvalue weighted by Crippen LogP contribution is -1.96. The van der Waals surface area contributed by atoms with E-state index < -0.39 is 0 Å². The van der Waals surface area contributed by atoms with Crippen LogP contribution in [0.3, 0.4) is 0 Å². The van der Waals surface area contributed by atoms with Crippen LogP contribution >= 0.6 is 11.8 Å². The van der Waals surface area contributed by atoms with Crippen LogP contribution in [0.25, 0.3) is 22.3 Å². The molecule has 1 aromatic carbocycles. The first-order valence-corrected chi connectivity index (χ1v) is 10.1. The molecule has 0 saturated carbocycles. The summed E-state index contributed by atoms with van der Waals surface area (Å²) < 4.78 is 2.09. The molecule has 0 aliphatic heterocycles. The number of rotatable bonds is 6. The SMILES string of the molecule is CC.CCCCCSc1nnc(-c2cccc3nc(C)ccc23)n1C. The lowest BCUT2D eigenvalue weighted by atomic mass is 10.1. The molecule has 4 nitrogen and oxygen atoms in total. The van der Waals surface area contributed by atoms with Gasteiger partial charge in [0, 0.05) is 29.4 Å². The second-order valence-corrected chi connectivity index (χ2v) is 6.81. The Hall–Kier alpha value is -1.88. The molecule has 2 aromatic heterocycles. The molecule has 0 fully saturated rings. The predicted molar refractivity (Wildman–Crippen MR) is 108 cm³/mol. The quantitative estimate of drug-likeness (QED) is 0.423. The Morgan fingerprint density at radius 1 is 1.04 bits per heavy atom. The Balaban J connectivity index is 0.00000109. The van der Waals surface area contributed by atoms with E-state index in [1.165, 1.54) is 19.3 Å². The summed E-state index contributed by atoms with van der Waals surface area (Å²) in [7, 11) is 2.04. The summed E-state index contributed by atoms with van der Waals surface area (Å²) in [5, 5.41) is 10.9. The van der Waals surface area contributed by atoms with Crippen LogP contribution < -0.4 is 0 Å². The highest BCUT2D eigenvalue weighted by Crippen LogP contribution is 2.29. The van der Waals surface area contributed by atoms with Crippen molar-refractivity contribution in [3.05, 3.63) is 36.0 Å². The first-order chi connectivity index (χ1) is 12.2. The van der Waals surface area contributed by atoms with Crippen LogP contribution in [-0.4, -0.2) is 25.5 Å². The van der Waals surface area contributed by atoms with Crippen LogP contribution in [-0.2, 0) is 7.05 Å². The molecule has 3 aromatic rings. The van der Waals surface area contributed by atoms with E-state index in [4.69, 9.17) is 0 Å². The number of hydrogen-bond acceptors (Lipinski definition) is 4. The van der Waals surface area contributed by atoms with E-state index in [0.29, 0.717) is 0 Å². The average molecular weight is 357 g/mol. The summed E-state index contributed by atoms with van der Waals surface area (Å²) in [5.74, 6) is 2.00. The minimum atomic E-state index is 0.902. The van der Waals surface area contributed by atoms with Crippen LogP contribution in [0.1, 0.15) is 45.7 Å². The zero-order chi connectivity index (χ0) is 18.2. The van der Waals surface area contributed by atoms with Gasteiger partial charge in [-0.1, -0.05) is 63.6 Å². The van der Waals surface area contributed by atoms with Crippen LogP contribution in [0, 0.1) is 6.92 Å². The van der Waals surface area contributed by atoms with E-state index in [9.17, 15) is 0 Å². The van der Waals surface area contributed by atoms with Crippen molar-refractivity contribution in [1.29, 1.82) is 0 Å². The standard InChI is InChI=1S/C18H22N4S.C2H6/c1-4-5-6-12-23-18-21-20-17(22(18)3)15-8-7-9-16-14(15)11-10-13(2)19-16;1-2/h7-11H,4-6,12H2,1-3H3;1-2H3. The lowest BCUT2D eigenvalue weighted by molar-refractivity contribution is 0.767. The fraction of sp³-hybridized carbons (Fsp3) is 0.450. The molecule has 3 rings (SSSR count). The monoisotopic (exact) mass is 356 g/mol. The molecule has 134 valence electrons. The molecule has 0 N–H and O–H groups in total. The summed E-state index contributed by atoms with van der Waals surface area (Å²) in [6.07, 6.45) is 3.74. The van der Waals surface area contributed by atoms with Crippen molar-refractivity contribution >= 4 is 22.7 Å². The van der Waals surface area contributed by atoms with Crippen molar-refractivity contribution in [3.8, 4) is 11.4 Å². The van der Waals surface area contributed by atoms with Gasteiger partial charge in [0.05, 0.1) is 5.52 Å². The third-order valence-corrected chi connectivity index (χ3v) is 5.03.